The monoisotopic (exact) mass is 489 g/mol. The zero-order valence-electron chi connectivity index (χ0n) is 16.2. The van der Waals surface area contributed by atoms with Gasteiger partial charge in [0.15, 0.2) is 5.96 Å². The molecule has 2 fully saturated rings. The first kappa shape index (κ1) is 22.0. The number of hydrogen-bond donors (Lipinski definition) is 2. The van der Waals surface area contributed by atoms with Crippen molar-refractivity contribution in [2.75, 3.05) is 45.8 Å². The van der Waals surface area contributed by atoms with Crippen molar-refractivity contribution in [3.63, 3.8) is 0 Å². The van der Waals surface area contributed by atoms with Gasteiger partial charge in [0.2, 0.25) is 5.91 Å². The van der Waals surface area contributed by atoms with E-state index in [1.807, 2.05) is 12.1 Å². The molecule has 27 heavy (non-hydrogen) atoms. The summed E-state index contributed by atoms with van der Waals surface area (Å²) in [5, 5.41) is 6.54. The summed E-state index contributed by atoms with van der Waals surface area (Å²) in [4.78, 5) is 21.2. The van der Waals surface area contributed by atoms with Crippen molar-refractivity contribution in [1.29, 1.82) is 0 Å². The predicted octanol–water partition coefficient (Wildman–Crippen LogP) is 1.69. The molecule has 1 aromatic rings. The van der Waals surface area contributed by atoms with Gasteiger partial charge in [0.05, 0.1) is 12.8 Å². The molecule has 1 aliphatic carbocycles. The van der Waals surface area contributed by atoms with Crippen molar-refractivity contribution >= 4 is 35.8 Å². The fourth-order valence-electron chi connectivity index (χ4n) is 3.06. The fraction of sp³-hybridized carbons (Fsp3) is 0.684. The molecule has 152 valence electrons. The van der Waals surface area contributed by atoms with Crippen LogP contribution < -0.4 is 10.6 Å². The first-order valence-corrected chi connectivity index (χ1v) is 9.82. The number of nitrogens with zero attached hydrogens (tertiary/aromatic N) is 3. The smallest absolute Gasteiger partial charge is 0.234 e. The molecule has 7 nitrogen and oxygen atoms in total. The van der Waals surface area contributed by atoms with Crippen LogP contribution in [0, 0.1) is 0 Å². The molecule has 2 heterocycles. The molecule has 1 aliphatic heterocycles. The summed E-state index contributed by atoms with van der Waals surface area (Å²) < 4.78 is 5.39. The van der Waals surface area contributed by atoms with E-state index in [1.165, 1.54) is 0 Å². The molecule has 0 aromatic carbocycles. The Morgan fingerprint density at radius 3 is 2.70 bits per heavy atom. The average molecular weight is 489 g/mol. The van der Waals surface area contributed by atoms with Crippen LogP contribution in [0.25, 0.3) is 0 Å². The number of carbonyl (C=O) groups is 1. The minimum atomic E-state index is 0. The van der Waals surface area contributed by atoms with E-state index in [2.05, 4.69) is 27.4 Å². The van der Waals surface area contributed by atoms with Gasteiger partial charge in [-0.25, -0.2) is 0 Å². The lowest BCUT2D eigenvalue weighted by molar-refractivity contribution is -0.122. The molecule has 0 unspecified atom stereocenters. The summed E-state index contributed by atoms with van der Waals surface area (Å²) in [7, 11) is 0. The van der Waals surface area contributed by atoms with E-state index in [9.17, 15) is 4.79 Å². The van der Waals surface area contributed by atoms with Crippen molar-refractivity contribution in [2.45, 2.75) is 38.6 Å². The van der Waals surface area contributed by atoms with Gasteiger partial charge in [-0.15, -0.1) is 24.0 Å². The zero-order chi connectivity index (χ0) is 18.2. The Bertz CT molecular complexity index is 581. The van der Waals surface area contributed by atoms with Crippen molar-refractivity contribution in [2.24, 2.45) is 4.99 Å². The van der Waals surface area contributed by atoms with Crippen molar-refractivity contribution in [3.05, 3.63) is 24.2 Å². The number of furan rings is 1. The number of rotatable bonds is 8. The molecule has 0 spiro atoms. The molecule has 0 atom stereocenters. The van der Waals surface area contributed by atoms with Gasteiger partial charge in [-0.2, -0.15) is 0 Å². The standard InChI is InChI=1S/C19H31N5O2.HI/c1-2-8-20-19(21-9-7-17-4-3-14-26-17)24-12-10-23(11-13-24)15-18(25)22-16-5-6-16;/h3-4,14,16H,2,5-13,15H2,1H3,(H,20,21)(H,22,25);1H. The second kappa shape index (κ2) is 11.5. The van der Waals surface area contributed by atoms with E-state index in [4.69, 9.17) is 9.41 Å². The number of hydrogen-bond acceptors (Lipinski definition) is 4. The normalized spacial score (nSPS) is 18.1. The third kappa shape index (κ3) is 7.69. The summed E-state index contributed by atoms with van der Waals surface area (Å²) in [6.07, 6.45) is 5.87. The van der Waals surface area contributed by atoms with Crippen molar-refractivity contribution in [3.8, 4) is 0 Å². The van der Waals surface area contributed by atoms with Crippen molar-refractivity contribution in [1.82, 2.24) is 20.4 Å². The molecule has 1 amide bonds. The first-order chi connectivity index (χ1) is 12.7. The van der Waals surface area contributed by atoms with Crippen LogP contribution in [0.4, 0.5) is 0 Å². The highest BCUT2D eigenvalue weighted by Gasteiger charge is 2.25. The molecule has 1 saturated carbocycles. The Labute approximate surface area is 179 Å². The largest absolute Gasteiger partial charge is 0.469 e. The molecule has 1 aromatic heterocycles. The van der Waals surface area contributed by atoms with Crippen LogP contribution in [0.1, 0.15) is 31.9 Å². The molecular weight excluding hydrogens is 457 g/mol. The van der Waals surface area contributed by atoms with E-state index in [1.54, 1.807) is 6.26 Å². The summed E-state index contributed by atoms with van der Waals surface area (Å²) >= 11 is 0. The van der Waals surface area contributed by atoms with Gasteiger partial charge < -0.3 is 20.0 Å². The maximum Gasteiger partial charge on any atom is 0.234 e. The zero-order valence-corrected chi connectivity index (χ0v) is 18.5. The molecular formula is C19H32IN5O2. The minimum absolute atomic E-state index is 0. The van der Waals surface area contributed by atoms with Crippen LogP contribution in [0.2, 0.25) is 0 Å². The second-order valence-electron chi connectivity index (χ2n) is 7.07. The van der Waals surface area contributed by atoms with E-state index < -0.39 is 0 Å². The SMILES string of the molecule is CCCN=C(NCCc1ccco1)N1CCN(CC(=O)NC2CC2)CC1.I. The molecule has 3 rings (SSSR count). The summed E-state index contributed by atoms with van der Waals surface area (Å²) in [5.41, 5.74) is 0. The maximum absolute atomic E-state index is 12.0. The van der Waals surface area contributed by atoms with Gasteiger partial charge in [0, 0.05) is 51.7 Å². The third-order valence-electron chi connectivity index (χ3n) is 4.70. The van der Waals surface area contributed by atoms with Gasteiger partial charge in [-0.3, -0.25) is 14.7 Å². The van der Waals surface area contributed by atoms with Gasteiger partial charge in [-0.1, -0.05) is 6.92 Å². The van der Waals surface area contributed by atoms with Gasteiger partial charge >= 0.3 is 0 Å². The van der Waals surface area contributed by atoms with E-state index >= 15 is 0 Å². The first-order valence-electron chi connectivity index (χ1n) is 9.82. The summed E-state index contributed by atoms with van der Waals surface area (Å²) in [6, 6.07) is 4.35. The highest BCUT2D eigenvalue weighted by Crippen LogP contribution is 2.18. The number of carbonyl (C=O) groups excluding carboxylic acids is 1. The Hall–Kier alpha value is -1.29. The highest BCUT2D eigenvalue weighted by molar-refractivity contribution is 14.0. The van der Waals surface area contributed by atoms with E-state index in [0.29, 0.717) is 12.6 Å². The lowest BCUT2D eigenvalue weighted by Gasteiger charge is -2.36. The van der Waals surface area contributed by atoms with Gasteiger partial charge in [0.25, 0.3) is 0 Å². The Balaban J connectivity index is 0.00000261. The fourth-order valence-corrected chi connectivity index (χ4v) is 3.06. The van der Waals surface area contributed by atoms with Crippen LogP contribution in [0.3, 0.4) is 0 Å². The third-order valence-corrected chi connectivity index (χ3v) is 4.70. The quantitative estimate of drug-likeness (QED) is 0.331. The topological polar surface area (TPSA) is 73.1 Å². The van der Waals surface area contributed by atoms with Crippen LogP contribution in [0.5, 0.6) is 0 Å². The van der Waals surface area contributed by atoms with Crippen LogP contribution in [-0.2, 0) is 11.2 Å². The van der Waals surface area contributed by atoms with Crippen LogP contribution >= 0.6 is 24.0 Å². The summed E-state index contributed by atoms with van der Waals surface area (Å²) in [5.74, 6) is 2.12. The number of nitrogens with one attached hydrogen (secondary N) is 2. The number of guanidine groups is 1. The predicted molar refractivity (Wildman–Crippen MR) is 118 cm³/mol. The van der Waals surface area contributed by atoms with E-state index in [-0.39, 0.29) is 29.9 Å². The Morgan fingerprint density at radius 1 is 1.30 bits per heavy atom. The molecule has 2 aliphatic rings. The molecule has 1 saturated heterocycles. The average Bonchev–Trinajstić information content (AvgIpc) is 3.30. The molecule has 0 radical (unpaired) electrons. The lowest BCUT2D eigenvalue weighted by atomic mass is 10.3. The number of amides is 1. The highest BCUT2D eigenvalue weighted by atomic mass is 127. The molecule has 2 N–H and O–H groups in total. The Morgan fingerprint density at radius 2 is 2.07 bits per heavy atom. The minimum Gasteiger partial charge on any atom is -0.469 e. The van der Waals surface area contributed by atoms with Crippen LogP contribution in [0.15, 0.2) is 27.8 Å². The maximum atomic E-state index is 12.0. The van der Waals surface area contributed by atoms with E-state index in [0.717, 1.165) is 76.7 Å². The number of halogens is 1. The molecule has 8 heteroatoms. The van der Waals surface area contributed by atoms with Gasteiger partial charge in [0.1, 0.15) is 5.76 Å². The van der Waals surface area contributed by atoms with Crippen molar-refractivity contribution < 1.29 is 9.21 Å². The van der Waals surface area contributed by atoms with Crippen LogP contribution in [-0.4, -0.2) is 73.5 Å². The Kier molecular flexibility index (Phi) is 9.40. The summed E-state index contributed by atoms with van der Waals surface area (Å²) in [6.45, 7) is 7.86. The number of aliphatic imine (C=N–C) groups is 1. The second-order valence-corrected chi connectivity index (χ2v) is 7.07. The lowest BCUT2D eigenvalue weighted by Crippen LogP contribution is -2.54. The van der Waals surface area contributed by atoms with Gasteiger partial charge in [-0.05, 0) is 31.4 Å². The molecule has 0 bridgehead atoms. The number of piperazine rings is 1.